The van der Waals surface area contributed by atoms with E-state index < -0.39 is 8.07 Å². The predicted octanol–water partition coefficient (Wildman–Crippen LogP) is 9.82. The van der Waals surface area contributed by atoms with Crippen LogP contribution >= 0.6 is 0 Å². The maximum atomic E-state index is 5.86. The first-order valence-corrected chi connectivity index (χ1v) is 18.8. The first-order chi connectivity index (χ1) is 20.7. The molecule has 6 rings (SSSR count). The molecule has 4 aromatic heterocycles. The molecular formula is C39H43IrN3OSi-2. The quantitative estimate of drug-likeness (QED) is 0.132. The van der Waals surface area contributed by atoms with Gasteiger partial charge in [-0.15, -0.1) is 53.6 Å². The largest absolute Gasteiger partial charge is 0.486 e. The van der Waals surface area contributed by atoms with Gasteiger partial charge < -0.3 is 14.4 Å². The number of benzene rings is 2. The van der Waals surface area contributed by atoms with Gasteiger partial charge in [-0.3, -0.25) is 0 Å². The fourth-order valence-electron chi connectivity index (χ4n) is 5.36. The molecule has 45 heavy (non-hydrogen) atoms. The Morgan fingerprint density at radius 3 is 2.16 bits per heavy atom. The van der Waals surface area contributed by atoms with Crippen LogP contribution in [0.3, 0.4) is 0 Å². The second kappa shape index (κ2) is 13.5. The van der Waals surface area contributed by atoms with Gasteiger partial charge in [0, 0.05) is 44.1 Å². The molecule has 0 amide bonds. The summed E-state index contributed by atoms with van der Waals surface area (Å²) < 4.78 is 5.86. The van der Waals surface area contributed by atoms with Crippen molar-refractivity contribution < 1.29 is 24.5 Å². The van der Waals surface area contributed by atoms with E-state index in [0.29, 0.717) is 5.71 Å². The van der Waals surface area contributed by atoms with Crippen molar-refractivity contribution in [2.45, 2.75) is 73.0 Å². The summed E-state index contributed by atoms with van der Waals surface area (Å²) in [6.45, 7) is 20.8. The molecule has 0 aliphatic carbocycles. The summed E-state index contributed by atoms with van der Waals surface area (Å²) in [5.74, 6) is 0. The van der Waals surface area contributed by atoms with Gasteiger partial charge >= 0.3 is 0 Å². The van der Waals surface area contributed by atoms with Gasteiger partial charge in [0.25, 0.3) is 0 Å². The van der Waals surface area contributed by atoms with Gasteiger partial charge in [0.05, 0.1) is 13.7 Å². The topological polar surface area (TPSA) is 51.8 Å². The first-order valence-electron chi connectivity index (χ1n) is 15.3. The number of fused-ring (bicyclic) bond motifs is 3. The molecule has 0 N–H and O–H groups in total. The summed E-state index contributed by atoms with van der Waals surface area (Å²) in [5.41, 5.74) is 8.49. The van der Waals surface area contributed by atoms with Gasteiger partial charge in [-0.1, -0.05) is 95.9 Å². The summed E-state index contributed by atoms with van der Waals surface area (Å²) in [7, 11) is -1.41. The Morgan fingerprint density at radius 2 is 1.53 bits per heavy atom. The molecule has 0 aliphatic rings. The summed E-state index contributed by atoms with van der Waals surface area (Å²) >= 11 is 0. The van der Waals surface area contributed by atoms with Crippen LogP contribution in [0.2, 0.25) is 19.6 Å². The average molecular weight is 790 g/mol. The van der Waals surface area contributed by atoms with Crippen molar-refractivity contribution >= 4 is 35.3 Å². The van der Waals surface area contributed by atoms with Gasteiger partial charge in [-0.2, -0.15) is 0 Å². The molecule has 2 aromatic carbocycles. The van der Waals surface area contributed by atoms with Crippen molar-refractivity contribution in [3.63, 3.8) is 0 Å². The molecule has 0 spiro atoms. The molecule has 6 aromatic rings. The van der Waals surface area contributed by atoms with Gasteiger partial charge in [-0.05, 0) is 52.0 Å². The molecular weight excluding hydrogens is 747 g/mol. The average Bonchev–Trinajstić information content (AvgIpc) is 3.35. The minimum Gasteiger partial charge on any atom is -0.486 e. The Balaban J connectivity index is 0.000000206. The Bertz CT molecular complexity index is 1880. The summed E-state index contributed by atoms with van der Waals surface area (Å²) in [6, 6.07) is 29.1. The molecule has 4 heterocycles. The molecule has 0 atom stereocenters. The van der Waals surface area contributed by atoms with E-state index in [2.05, 4.69) is 114 Å². The van der Waals surface area contributed by atoms with Crippen molar-refractivity contribution in [2.75, 3.05) is 0 Å². The van der Waals surface area contributed by atoms with Crippen molar-refractivity contribution in [3.8, 4) is 22.5 Å². The Hall–Kier alpha value is -3.44. The van der Waals surface area contributed by atoms with E-state index in [4.69, 9.17) is 9.40 Å². The molecule has 4 nitrogen and oxygen atoms in total. The molecule has 0 saturated carbocycles. The number of hydrogen-bond donors (Lipinski definition) is 0. The zero-order chi connectivity index (χ0) is 31.7. The number of rotatable bonds is 4. The van der Waals surface area contributed by atoms with Crippen LogP contribution in [-0.4, -0.2) is 23.0 Å². The van der Waals surface area contributed by atoms with Crippen LogP contribution in [0.25, 0.3) is 44.6 Å². The number of pyridine rings is 3. The normalized spacial score (nSPS) is 12.0. The van der Waals surface area contributed by atoms with Crippen LogP contribution in [0.4, 0.5) is 0 Å². The van der Waals surface area contributed by atoms with Crippen molar-refractivity contribution in [3.05, 3.63) is 109 Å². The van der Waals surface area contributed by atoms with Crippen molar-refractivity contribution in [2.24, 2.45) is 5.41 Å². The van der Waals surface area contributed by atoms with Gasteiger partial charge in [0.15, 0.2) is 0 Å². The van der Waals surface area contributed by atoms with Crippen LogP contribution < -0.4 is 5.19 Å². The summed E-state index contributed by atoms with van der Waals surface area (Å²) in [5, 5.41) is 3.55. The van der Waals surface area contributed by atoms with E-state index in [-0.39, 0.29) is 30.9 Å². The zero-order valence-electron chi connectivity index (χ0n) is 27.9. The maximum Gasteiger partial charge on any atom is 0.216 e. The standard InChI is InChI=1S/C23H34NSi.C16H9N2O.Ir/c1-22(2,3)15-18-14-20(24-16-21(18)25(7,8)9)17-10-12-19(13-11-17)23(4,5)6;1-2-9-17-14(8-1)13-6-3-5-11-12-7-4-10-18-16(12)19-15(11)13;/h10,12-14,16H,15H2,1-9H3;1-5,7-10H;/q2*-1;. The molecule has 0 saturated heterocycles. The van der Waals surface area contributed by atoms with Crippen LogP contribution in [-0.2, 0) is 31.9 Å². The van der Waals surface area contributed by atoms with E-state index in [9.17, 15) is 0 Å². The molecule has 0 aliphatic heterocycles. The Labute approximate surface area is 283 Å². The predicted molar refractivity (Wildman–Crippen MR) is 187 cm³/mol. The van der Waals surface area contributed by atoms with E-state index >= 15 is 0 Å². The van der Waals surface area contributed by atoms with Crippen LogP contribution in [0.5, 0.6) is 0 Å². The number of aromatic nitrogens is 3. The van der Waals surface area contributed by atoms with Gasteiger partial charge in [-0.25, -0.2) is 4.98 Å². The van der Waals surface area contributed by atoms with Gasteiger partial charge in [0.1, 0.15) is 0 Å². The fourth-order valence-corrected chi connectivity index (χ4v) is 6.94. The maximum absolute atomic E-state index is 5.86. The van der Waals surface area contributed by atoms with E-state index in [1.54, 1.807) is 12.4 Å². The second-order valence-corrected chi connectivity index (χ2v) is 19.8. The first kappa shape index (κ1) is 34.4. The third kappa shape index (κ3) is 8.24. The second-order valence-electron chi connectivity index (χ2n) is 14.7. The van der Waals surface area contributed by atoms with E-state index in [0.717, 1.165) is 45.3 Å². The molecule has 0 fully saturated rings. The van der Waals surface area contributed by atoms with Crippen LogP contribution in [0.15, 0.2) is 89.7 Å². The number of hydrogen-bond acceptors (Lipinski definition) is 4. The Kier molecular flexibility index (Phi) is 10.3. The number of nitrogens with zero attached hydrogens (tertiary/aromatic N) is 3. The van der Waals surface area contributed by atoms with Crippen molar-refractivity contribution in [1.82, 2.24) is 15.0 Å². The third-order valence-corrected chi connectivity index (χ3v) is 9.67. The Morgan fingerprint density at radius 1 is 0.778 bits per heavy atom. The van der Waals surface area contributed by atoms with Gasteiger partial charge in [0.2, 0.25) is 5.71 Å². The minimum absolute atomic E-state index is 0. The smallest absolute Gasteiger partial charge is 0.216 e. The minimum atomic E-state index is -1.41. The van der Waals surface area contributed by atoms with E-state index in [1.807, 2.05) is 42.5 Å². The molecule has 0 unspecified atom stereocenters. The molecule has 6 heteroatoms. The SMILES string of the molecule is CC(C)(C)Cc1cc(-c2[c-]cc(C(C)(C)C)cc2)ncc1[Si](C)(C)C.[Ir].[c-]1ccc2c(oc3ncccc32)c1-c1ccccn1. The van der Waals surface area contributed by atoms with Crippen molar-refractivity contribution in [1.29, 1.82) is 0 Å². The summed E-state index contributed by atoms with van der Waals surface area (Å²) in [4.78, 5) is 13.4. The van der Waals surface area contributed by atoms with E-state index in [1.165, 1.54) is 16.3 Å². The monoisotopic (exact) mass is 790 g/mol. The molecule has 0 bridgehead atoms. The zero-order valence-corrected chi connectivity index (χ0v) is 31.3. The van der Waals surface area contributed by atoms with Crippen LogP contribution in [0, 0.1) is 17.5 Å². The van der Waals surface area contributed by atoms with Crippen LogP contribution in [0.1, 0.15) is 52.7 Å². The molecule has 1 radical (unpaired) electrons. The number of furan rings is 1. The fraction of sp³-hybridized carbons (Fsp3) is 0.308. The molecule has 235 valence electrons. The third-order valence-electron chi connectivity index (χ3n) is 7.60. The summed E-state index contributed by atoms with van der Waals surface area (Å²) in [6.07, 6.45) is 6.72.